The van der Waals surface area contributed by atoms with E-state index in [0.29, 0.717) is 5.69 Å². The normalized spacial score (nSPS) is 10.7. The molecule has 2 nitrogen and oxygen atoms in total. The highest BCUT2D eigenvalue weighted by Gasteiger charge is 2.10. The first-order valence-corrected chi connectivity index (χ1v) is 5.83. The summed E-state index contributed by atoms with van der Waals surface area (Å²) in [7, 11) is 0. The van der Waals surface area contributed by atoms with Crippen molar-refractivity contribution in [2.45, 2.75) is 0 Å². The summed E-state index contributed by atoms with van der Waals surface area (Å²) in [4.78, 5) is 0. The van der Waals surface area contributed by atoms with Gasteiger partial charge in [-0.25, -0.2) is 0 Å². The highest BCUT2D eigenvalue weighted by atomic mass is 16.3. The van der Waals surface area contributed by atoms with E-state index in [9.17, 15) is 5.11 Å². The second-order valence-corrected chi connectivity index (χ2v) is 4.27. The molecular formula is C16H13NO. The van der Waals surface area contributed by atoms with Gasteiger partial charge in [-0.1, -0.05) is 54.6 Å². The molecule has 0 saturated heterocycles. The third kappa shape index (κ3) is 1.59. The van der Waals surface area contributed by atoms with E-state index >= 15 is 0 Å². The van der Waals surface area contributed by atoms with Crippen LogP contribution in [0.3, 0.4) is 0 Å². The number of nitrogen functional groups attached to an aromatic ring is 1. The Morgan fingerprint density at radius 3 is 2.11 bits per heavy atom. The summed E-state index contributed by atoms with van der Waals surface area (Å²) in [5, 5.41) is 11.7. The molecule has 0 amide bonds. The predicted octanol–water partition coefficient (Wildman–Crippen LogP) is 3.79. The third-order valence-electron chi connectivity index (χ3n) is 3.12. The molecule has 3 aromatic rings. The molecule has 3 N–H and O–H groups in total. The fraction of sp³-hybridized carbons (Fsp3) is 0. The van der Waals surface area contributed by atoms with E-state index in [-0.39, 0.29) is 5.75 Å². The Hall–Kier alpha value is -2.48. The largest absolute Gasteiger partial charge is 0.507 e. The van der Waals surface area contributed by atoms with Crippen molar-refractivity contribution in [3.63, 3.8) is 0 Å². The SMILES string of the molecule is Nc1cc(O)c2ccccc2c1-c1ccccc1. The number of benzene rings is 3. The molecule has 0 atom stereocenters. The van der Waals surface area contributed by atoms with E-state index in [1.807, 2.05) is 54.6 Å². The van der Waals surface area contributed by atoms with Gasteiger partial charge in [-0.05, 0) is 10.9 Å². The van der Waals surface area contributed by atoms with Crippen LogP contribution in [0, 0.1) is 0 Å². The molecular weight excluding hydrogens is 222 g/mol. The zero-order chi connectivity index (χ0) is 12.5. The van der Waals surface area contributed by atoms with Gasteiger partial charge in [0.2, 0.25) is 0 Å². The summed E-state index contributed by atoms with van der Waals surface area (Å²) in [6.07, 6.45) is 0. The molecule has 0 aliphatic carbocycles. The summed E-state index contributed by atoms with van der Waals surface area (Å²) < 4.78 is 0. The molecule has 3 aromatic carbocycles. The highest BCUT2D eigenvalue weighted by Crippen LogP contribution is 2.38. The molecule has 0 radical (unpaired) electrons. The van der Waals surface area contributed by atoms with Gasteiger partial charge in [-0.3, -0.25) is 0 Å². The van der Waals surface area contributed by atoms with E-state index in [1.165, 1.54) is 0 Å². The van der Waals surface area contributed by atoms with Crippen molar-refractivity contribution >= 4 is 16.5 Å². The topological polar surface area (TPSA) is 46.2 Å². The van der Waals surface area contributed by atoms with Gasteiger partial charge < -0.3 is 10.8 Å². The number of phenolic OH excluding ortho intramolecular Hbond substituents is 1. The van der Waals surface area contributed by atoms with E-state index in [4.69, 9.17) is 5.73 Å². The van der Waals surface area contributed by atoms with Crippen LogP contribution in [-0.2, 0) is 0 Å². The van der Waals surface area contributed by atoms with Crippen LogP contribution in [0.25, 0.3) is 21.9 Å². The van der Waals surface area contributed by atoms with E-state index in [1.54, 1.807) is 6.07 Å². The number of fused-ring (bicyclic) bond motifs is 1. The molecule has 0 unspecified atom stereocenters. The molecule has 3 rings (SSSR count). The minimum Gasteiger partial charge on any atom is -0.507 e. The Bertz CT molecular complexity index is 705. The zero-order valence-electron chi connectivity index (χ0n) is 9.80. The Kier molecular flexibility index (Phi) is 2.41. The maximum atomic E-state index is 9.94. The smallest absolute Gasteiger partial charge is 0.125 e. The van der Waals surface area contributed by atoms with Crippen LogP contribution in [-0.4, -0.2) is 5.11 Å². The number of hydrogen-bond acceptors (Lipinski definition) is 2. The fourth-order valence-electron chi connectivity index (χ4n) is 2.30. The maximum absolute atomic E-state index is 9.94. The van der Waals surface area contributed by atoms with Gasteiger partial charge >= 0.3 is 0 Å². The van der Waals surface area contributed by atoms with Gasteiger partial charge in [0.1, 0.15) is 5.75 Å². The van der Waals surface area contributed by atoms with Crippen LogP contribution in [0.1, 0.15) is 0 Å². The van der Waals surface area contributed by atoms with Gasteiger partial charge in [0.25, 0.3) is 0 Å². The van der Waals surface area contributed by atoms with Crippen molar-refractivity contribution in [3.05, 3.63) is 60.7 Å². The monoisotopic (exact) mass is 235 g/mol. The molecule has 0 fully saturated rings. The van der Waals surface area contributed by atoms with Crippen LogP contribution in [0.2, 0.25) is 0 Å². The molecule has 0 aromatic heterocycles. The van der Waals surface area contributed by atoms with Gasteiger partial charge in [-0.2, -0.15) is 0 Å². The summed E-state index contributed by atoms with van der Waals surface area (Å²) in [6.45, 7) is 0. The average molecular weight is 235 g/mol. The first-order valence-electron chi connectivity index (χ1n) is 5.83. The second kappa shape index (κ2) is 4.08. The lowest BCUT2D eigenvalue weighted by molar-refractivity contribution is 0.482. The van der Waals surface area contributed by atoms with Gasteiger partial charge in [0, 0.05) is 22.7 Å². The number of anilines is 1. The predicted molar refractivity (Wildman–Crippen MR) is 75.5 cm³/mol. The van der Waals surface area contributed by atoms with Crippen molar-refractivity contribution < 1.29 is 5.11 Å². The van der Waals surface area contributed by atoms with Crippen LogP contribution in [0.15, 0.2) is 60.7 Å². The van der Waals surface area contributed by atoms with Crippen LogP contribution < -0.4 is 5.73 Å². The lowest BCUT2D eigenvalue weighted by Crippen LogP contribution is -1.92. The van der Waals surface area contributed by atoms with Crippen LogP contribution in [0.5, 0.6) is 5.75 Å². The lowest BCUT2D eigenvalue weighted by Gasteiger charge is -2.11. The van der Waals surface area contributed by atoms with Crippen molar-refractivity contribution in [2.75, 3.05) is 5.73 Å². The van der Waals surface area contributed by atoms with Crippen molar-refractivity contribution in [1.82, 2.24) is 0 Å². The lowest BCUT2D eigenvalue weighted by atomic mass is 9.96. The van der Waals surface area contributed by atoms with Crippen molar-refractivity contribution in [3.8, 4) is 16.9 Å². The summed E-state index contributed by atoms with van der Waals surface area (Å²) >= 11 is 0. The van der Waals surface area contributed by atoms with Gasteiger partial charge in [0.05, 0.1) is 0 Å². The summed E-state index contributed by atoms with van der Waals surface area (Å²) in [5.74, 6) is 0.225. The van der Waals surface area contributed by atoms with Crippen molar-refractivity contribution in [2.24, 2.45) is 0 Å². The molecule has 0 heterocycles. The Balaban J connectivity index is 2.42. The number of nitrogens with two attached hydrogens (primary N) is 1. The number of hydrogen-bond donors (Lipinski definition) is 2. The standard InChI is InChI=1S/C16H13NO/c17-14-10-15(18)12-8-4-5-9-13(12)16(14)11-6-2-1-3-7-11/h1-10,18H,17H2. The molecule has 88 valence electrons. The zero-order valence-corrected chi connectivity index (χ0v) is 9.80. The third-order valence-corrected chi connectivity index (χ3v) is 3.12. The minimum absolute atomic E-state index is 0.225. The highest BCUT2D eigenvalue weighted by molar-refractivity contribution is 6.05. The molecule has 18 heavy (non-hydrogen) atoms. The number of aromatic hydroxyl groups is 1. The van der Waals surface area contributed by atoms with Gasteiger partial charge in [-0.15, -0.1) is 0 Å². The molecule has 0 spiro atoms. The molecule has 0 bridgehead atoms. The number of rotatable bonds is 1. The second-order valence-electron chi connectivity index (χ2n) is 4.27. The fourth-order valence-corrected chi connectivity index (χ4v) is 2.30. The maximum Gasteiger partial charge on any atom is 0.125 e. The first kappa shape index (κ1) is 10.7. The molecule has 0 saturated carbocycles. The first-order chi connectivity index (χ1) is 8.77. The Morgan fingerprint density at radius 1 is 0.778 bits per heavy atom. The van der Waals surface area contributed by atoms with Gasteiger partial charge in [0.15, 0.2) is 0 Å². The quantitative estimate of drug-likeness (QED) is 0.630. The van der Waals surface area contributed by atoms with Crippen LogP contribution in [0.4, 0.5) is 5.69 Å². The molecule has 0 aliphatic rings. The summed E-state index contributed by atoms with van der Waals surface area (Å²) in [6, 6.07) is 19.3. The van der Waals surface area contributed by atoms with E-state index in [0.717, 1.165) is 21.9 Å². The van der Waals surface area contributed by atoms with E-state index < -0.39 is 0 Å². The van der Waals surface area contributed by atoms with Crippen LogP contribution >= 0.6 is 0 Å². The Morgan fingerprint density at radius 2 is 1.39 bits per heavy atom. The summed E-state index contributed by atoms with van der Waals surface area (Å²) in [5.41, 5.74) is 8.69. The minimum atomic E-state index is 0.225. The molecule has 2 heteroatoms. The molecule has 0 aliphatic heterocycles. The van der Waals surface area contributed by atoms with Crippen molar-refractivity contribution in [1.29, 1.82) is 0 Å². The average Bonchev–Trinajstić information content (AvgIpc) is 2.40. The number of phenols is 1. The Labute approximate surface area is 105 Å². The van der Waals surface area contributed by atoms with E-state index in [2.05, 4.69) is 0 Å².